The fraction of sp³-hybridized carbons (Fsp3) is 0.360. The minimum atomic E-state index is -0.412. The second kappa shape index (κ2) is 10.9. The van der Waals surface area contributed by atoms with Gasteiger partial charge in [0.15, 0.2) is 10.9 Å². The summed E-state index contributed by atoms with van der Waals surface area (Å²) in [7, 11) is 0. The molecule has 9 heteroatoms. The Hall–Kier alpha value is -3.04. The highest BCUT2D eigenvalue weighted by atomic mass is 32.2. The van der Waals surface area contributed by atoms with Crippen LogP contribution in [0.15, 0.2) is 52.4 Å². The number of carbonyl (C=O) groups is 2. The van der Waals surface area contributed by atoms with Gasteiger partial charge in [-0.15, -0.1) is 0 Å². The van der Waals surface area contributed by atoms with Crippen molar-refractivity contribution in [3.05, 3.63) is 69.8 Å². The average molecular weight is 484 g/mol. The summed E-state index contributed by atoms with van der Waals surface area (Å²) in [5.41, 5.74) is 0.966. The molecule has 178 valence electrons. The molecular weight excluding hydrogens is 457 g/mol. The molecule has 4 rings (SSSR count). The SMILES string of the molecule is CCCNC(=O)c1ccc2c(=O)n(CC3CCCO3)c(SCC(=O)c3ccc(F)cc3)nc2c1. The number of hydrogen-bond donors (Lipinski definition) is 1. The zero-order chi connectivity index (χ0) is 24.1. The number of fused-ring (bicyclic) bond motifs is 1. The number of amides is 1. The van der Waals surface area contributed by atoms with Gasteiger partial charge in [-0.2, -0.15) is 0 Å². The first-order chi connectivity index (χ1) is 16.5. The molecule has 0 bridgehead atoms. The number of thioether (sulfide) groups is 1. The number of hydrogen-bond acceptors (Lipinski definition) is 6. The van der Waals surface area contributed by atoms with E-state index < -0.39 is 5.82 Å². The number of rotatable bonds is 9. The highest BCUT2D eigenvalue weighted by Crippen LogP contribution is 2.23. The smallest absolute Gasteiger partial charge is 0.262 e. The summed E-state index contributed by atoms with van der Waals surface area (Å²) in [4.78, 5) is 43.1. The van der Waals surface area contributed by atoms with Gasteiger partial charge in [0.05, 0.1) is 29.3 Å². The molecule has 1 aromatic heterocycles. The molecule has 1 unspecified atom stereocenters. The highest BCUT2D eigenvalue weighted by Gasteiger charge is 2.21. The monoisotopic (exact) mass is 483 g/mol. The van der Waals surface area contributed by atoms with E-state index in [0.717, 1.165) is 31.0 Å². The Morgan fingerprint density at radius 2 is 1.97 bits per heavy atom. The quantitative estimate of drug-likeness (QED) is 0.283. The third-order valence-corrected chi connectivity index (χ3v) is 6.60. The number of carbonyl (C=O) groups excluding carboxylic acids is 2. The fourth-order valence-electron chi connectivity index (χ4n) is 3.79. The summed E-state index contributed by atoms with van der Waals surface area (Å²) in [5.74, 6) is -0.804. The minimum absolute atomic E-state index is 0.0335. The number of halogens is 1. The van der Waals surface area contributed by atoms with Gasteiger partial charge in [-0.25, -0.2) is 9.37 Å². The Morgan fingerprint density at radius 3 is 2.68 bits per heavy atom. The van der Waals surface area contributed by atoms with Gasteiger partial charge in [0.1, 0.15) is 5.82 Å². The second-order valence-electron chi connectivity index (χ2n) is 8.15. The van der Waals surface area contributed by atoms with E-state index in [0.29, 0.717) is 46.9 Å². The van der Waals surface area contributed by atoms with Crippen molar-refractivity contribution in [3.63, 3.8) is 0 Å². The summed E-state index contributed by atoms with van der Waals surface area (Å²) in [6.07, 6.45) is 2.50. The number of ketones is 1. The summed E-state index contributed by atoms with van der Waals surface area (Å²) in [6, 6.07) is 10.2. The number of nitrogens with zero attached hydrogens (tertiary/aromatic N) is 2. The number of benzene rings is 2. The van der Waals surface area contributed by atoms with Crippen molar-refractivity contribution in [2.45, 2.75) is 44.0 Å². The van der Waals surface area contributed by atoms with Gasteiger partial charge in [-0.3, -0.25) is 19.0 Å². The van der Waals surface area contributed by atoms with Crippen molar-refractivity contribution < 1.29 is 18.7 Å². The zero-order valence-corrected chi connectivity index (χ0v) is 19.7. The van der Waals surface area contributed by atoms with E-state index in [9.17, 15) is 18.8 Å². The predicted octanol–water partition coefficient (Wildman–Crippen LogP) is 3.83. The number of Topliss-reactive ketones (excluding diaryl/α,β-unsaturated/α-hetero) is 1. The molecule has 0 aliphatic carbocycles. The summed E-state index contributed by atoms with van der Waals surface area (Å²) in [5, 5.41) is 3.61. The van der Waals surface area contributed by atoms with Gasteiger partial charge in [-0.05, 0) is 61.7 Å². The second-order valence-corrected chi connectivity index (χ2v) is 9.09. The van der Waals surface area contributed by atoms with Crippen LogP contribution in [0.4, 0.5) is 4.39 Å². The Labute approximate surface area is 200 Å². The van der Waals surface area contributed by atoms with Crippen LogP contribution < -0.4 is 10.9 Å². The molecule has 0 radical (unpaired) electrons. The first-order valence-electron chi connectivity index (χ1n) is 11.3. The van der Waals surface area contributed by atoms with E-state index in [4.69, 9.17) is 4.74 Å². The van der Waals surface area contributed by atoms with E-state index in [1.54, 1.807) is 22.8 Å². The minimum Gasteiger partial charge on any atom is -0.376 e. The lowest BCUT2D eigenvalue weighted by Crippen LogP contribution is -2.29. The predicted molar refractivity (Wildman–Crippen MR) is 129 cm³/mol. The number of ether oxygens (including phenoxy) is 1. The molecule has 1 saturated heterocycles. The van der Waals surface area contributed by atoms with Crippen LogP contribution in [0.2, 0.25) is 0 Å². The van der Waals surface area contributed by atoms with E-state index in [1.807, 2.05) is 6.92 Å². The lowest BCUT2D eigenvalue weighted by Gasteiger charge is -2.16. The summed E-state index contributed by atoms with van der Waals surface area (Å²) in [6.45, 7) is 3.52. The third kappa shape index (κ3) is 5.53. The molecule has 2 aromatic carbocycles. The molecule has 1 atom stereocenters. The van der Waals surface area contributed by atoms with Crippen LogP contribution in [0, 0.1) is 5.82 Å². The molecule has 3 aromatic rings. The van der Waals surface area contributed by atoms with E-state index in [1.165, 1.54) is 24.3 Å². The molecule has 1 aliphatic heterocycles. The van der Waals surface area contributed by atoms with Gasteiger partial charge in [0.2, 0.25) is 0 Å². The normalized spacial score (nSPS) is 15.5. The van der Waals surface area contributed by atoms with Crippen LogP contribution in [0.3, 0.4) is 0 Å². The molecule has 2 heterocycles. The largest absolute Gasteiger partial charge is 0.376 e. The molecule has 34 heavy (non-hydrogen) atoms. The van der Waals surface area contributed by atoms with Crippen molar-refractivity contribution in [2.24, 2.45) is 0 Å². The third-order valence-electron chi connectivity index (χ3n) is 5.63. The van der Waals surface area contributed by atoms with Crippen molar-refractivity contribution in [2.75, 3.05) is 18.9 Å². The topological polar surface area (TPSA) is 90.3 Å². The van der Waals surface area contributed by atoms with E-state index >= 15 is 0 Å². The maximum atomic E-state index is 13.4. The Kier molecular flexibility index (Phi) is 7.74. The maximum Gasteiger partial charge on any atom is 0.262 e. The van der Waals surface area contributed by atoms with Crippen LogP contribution in [0.5, 0.6) is 0 Å². The molecular formula is C25H26FN3O4S. The van der Waals surface area contributed by atoms with Gasteiger partial charge in [-0.1, -0.05) is 18.7 Å². The Bertz CT molecular complexity index is 1250. The van der Waals surface area contributed by atoms with Gasteiger partial charge < -0.3 is 10.1 Å². The lowest BCUT2D eigenvalue weighted by molar-refractivity contribution is 0.0937. The fourth-order valence-corrected chi connectivity index (χ4v) is 4.70. The number of nitrogens with one attached hydrogen (secondary N) is 1. The van der Waals surface area contributed by atoms with Gasteiger partial charge in [0, 0.05) is 24.3 Å². The van der Waals surface area contributed by atoms with Crippen molar-refractivity contribution in [1.29, 1.82) is 0 Å². The van der Waals surface area contributed by atoms with E-state index in [-0.39, 0.29) is 29.1 Å². The van der Waals surface area contributed by atoms with Crippen molar-refractivity contribution in [3.8, 4) is 0 Å². The first kappa shape index (κ1) is 24.1. The molecule has 1 aliphatic rings. The van der Waals surface area contributed by atoms with Crippen LogP contribution >= 0.6 is 11.8 Å². The lowest BCUT2D eigenvalue weighted by atomic mass is 10.1. The Morgan fingerprint density at radius 1 is 1.21 bits per heavy atom. The van der Waals surface area contributed by atoms with Crippen LogP contribution in [-0.2, 0) is 11.3 Å². The molecule has 1 amide bonds. The summed E-state index contributed by atoms with van der Waals surface area (Å²) < 4.78 is 20.5. The maximum absolute atomic E-state index is 13.4. The first-order valence-corrected chi connectivity index (χ1v) is 12.3. The highest BCUT2D eigenvalue weighted by molar-refractivity contribution is 7.99. The molecule has 1 N–H and O–H groups in total. The Balaban J connectivity index is 1.66. The zero-order valence-electron chi connectivity index (χ0n) is 18.9. The van der Waals surface area contributed by atoms with Crippen LogP contribution in [0.1, 0.15) is 46.9 Å². The van der Waals surface area contributed by atoms with E-state index in [2.05, 4.69) is 10.3 Å². The number of aromatic nitrogens is 2. The van der Waals surface area contributed by atoms with Gasteiger partial charge in [0.25, 0.3) is 11.5 Å². The summed E-state index contributed by atoms with van der Waals surface area (Å²) >= 11 is 1.15. The molecule has 0 spiro atoms. The molecule has 0 saturated carbocycles. The standard InChI is InChI=1S/C25H26FN3O4S/c1-2-11-27-23(31)17-7-10-20-21(13-17)28-25(29(24(20)32)14-19-4-3-12-33-19)34-15-22(30)16-5-8-18(26)9-6-16/h5-10,13,19H,2-4,11-12,14-15H2,1H3,(H,27,31). The van der Waals surface area contributed by atoms with Crippen molar-refractivity contribution >= 4 is 34.4 Å². The van der Waals surface area contributed by atoms with Crippen LogP contribution in [-0.4, -0.2) is 46.2 Å². The van der Waals surface area contributed by atoms with Gasteiger partial charge >= 0.3 is 0 Å². The molecule has 7 nitrogen and oxygen atoms in total. The van der Waals surface area contributed by atoms with Crippen molar-refractivity contribution in [1.82, 2.24) is 14.9 Å². The van der Waals surface area contributed by atoms with Crippen LogP contribution in [0.25, 0.3) is 10.9 Å². The molecule has 1 fully saturated rings. The average Bonchev–Trinajstić information content (AvgIpc) is 3.36.